The fourth-order valence-corrected chi connectivity index (χ4v) is 2.24. The molecule has 0 bridgehead atoms. The number of hydrogen-bond donors (Lipinski definition) is 1. The van der Waals surface area contributed by atoms with E-state index in [9.17, 15) is 0 Å². The molecule has 1 N–H and O–H groups in total. The molecule has 0 aliphatic rings. The molecule has 0 aromatic heterocycles. The lowest BCUT2D eigenvalue weighted by Crippen LogP contribution is -2.17. The maximum absolute atomic E-state index is 4.15. The quantitative estimate of drug-likeness (QED) is 0.701. The molecule has 1 heteroatoms. The molecular weight excluding hydrogens is 242 g/mol. The Balaban J connectivity index is 1.57. The predicted octanol–water partition coefficient (Wildman–Crippen LogP) is 4.31. The highest BCUT2D eigenvalue weighted by Crippen LogP contribution is 2.14. The van der Waals surface area contributed by atoms with Crippen molar-refractivity contribution in [2.45, 2.75) is 19.3 Å². The van der Waals surface area contributed by atoms with Gasteiger partial charge in [0.1, 0.15) is 0 Å². The van der Waals surface area contributed by atoms with Crippen molar-refractivity contribution in [3.63, 3.8) is 0 Å². The van der Waals surface area contributed by atoms with Gasteiger partial charge in [-0.1, -0.05) is 67.2 Å². The van der Waals surface area contributed by atoms with Crippen LogP contribution in [0.5, 0.6) is 0 Å². The summed E-state index contributed by atoms with van der Waals surface area (Å²) in [6.07, 6.45) is 3.34. The zero-order valence-corrected chi connectivity index (χ0v) is 12.0. The number of aryl methyl sites for hydroxylation is 1. The van der Waals surface area contributed by atoms with Crippen LogP contribution in [0.4, 0.5) is 0 Å². The van der Waals surface area contributed by atoms with E-state index in [2.05, 4.69) is 66.5 Å². The molecular formula is C19H23N. The second-order valence-corrected chi connectivity index (χ2v) is 5.06. The van der Waals surface area contributed by atoms with Crippen molar-refractivity contribution in [3.8, 4) is 0 Å². The largest absolute Gasteiger partial charge is 0.316 e. The van der Waals surface area contributed by atoms with E-state index in [4.69, 9.17) is 0 Å². The Hall–Kier alpha value is -1.86. The first-order chi connectivity index (χ1) is 9.86. The van der Waals surface area contributed by atoms with Crippen molar-refractivity contribution in [2.24, 2.45) is 0 Å². The smallest absolute Gasteiger partial charge is 0.000835 e. The molecule has 2 aromatic carbocycles. The predicted molar refractivity (Wildman–Crippen MR) is 87.7 cm³/mol. The van der Waals surface area contributed by atoms with Crippen molar-refractivity contribution in [1.29, 1.82) is 0 Å². The maximum Gasteiger partial charge on any atom is -0.000835 e. The lowest BCUT2D eigenvalue weighted by molar-refractivity contribution is 0.656. The number of benzene rings is 2. The minimum Gasteiger partial charge on any atom is -0.316 e. The third-order valence-electron chi connectivity index (χ3n) is 3.45. The van der Waals surface area contributed by atoms with E-state index in [1.165, 1.54) is 23.1 Å². The first kappa shape index (κ1) is 14.5. The summed E-state index contributed by atoms with van der Waals surface area (Å²) in [5, 5.41) is 3.50. The van der Waals surface area contributed by atoms with Gasteiger partial charge in [0.2, 0.25) is 0 Å². The molecule has 2 rings (SSSR count). The highest BCUT2D eigenvalue weighted by molar-refractivity contribution is 5.63. The van der Waals surface area contributed by atoms with Crippen LogP contribution >= 0.6 is 0 Å². The first-order valence-electron chi connectivity index (χ1n) is 7.34. The van der Waals surface area contributed by atoms with Crippen LogP contribution in [0.15, 0.2) is 67.2 Å². The summed E-state index contributed by atoms with van der Waals surface area (Å²) in [6.45, 7) is 6.22. The van der Waals surface area contributed by atoms with E-state index in [-0.39, 0.29) is 0 Å². The van der Waals surface area contributed by atoms with Crippen LogP contribution in [0.3, 0.4) is 0 Å². The van der Waals surface area contributed by atoms with E-state index < -0.39 is 0 Å². The number of rotatable bonds is 8. The summed E-state index contributed by atoms with van der Waals surface area (Å²) in [5.74, 6) is 0. The molecule has 0 aliphatic heterocycles. The molecule has 0 saturated heterocycles. The molecule has 20 heavy (non-hydrogen) atoms. The third-order valence-corrected chi connectivity index (χ3v) is 3.45. The van der Waals surface area contributed by atoms with E-state index in [0.717, 1.165) is 25.9 Å². The zero-order valence-electron chi connectivity index (χ0n) is 12.0. The van der Waals surface area contributed by atoms with Crippen LogP contribution in [-0.2, 0) is 6.42 Å². The Morgan fingerprint density at radius 2 is 1.50 bits per heavy atom. The van der Waals surface area contributed by atoms with Gasteiger partial charge < -0.3 is 5.32 Å². The van der Waals surface area contributed by atoms with Crippen molar-refractivity contribution in [2.75, 3.05) is 13.1 Å². The summed E-state index contributed by atoms with van der Waals surface area (Å²) >= 11 is 0. The Bertz CT molecular complexity index is 502. The normalized spacial score (nSPS) is 10.4. The molecule has 1 nitrogen and oxygen atoms in total. The van der Waals surface area contributed by atoms with E-state index in [1.807, 2.05) is 6.07 Å². The molecule has 0 atom stereocenters. The molecule has 0 heterocycles. The standard InChI is InChI=1S/C19H23N/c1-17(19-12-6-3-7-13-19)14-16-20-15-8-11-18-9-4-2-5-10-18/h2-7,9-10,12-13,20H,1,8,11,14-16H2. The van der Waals surface area contributed by atoms with Gasteiger partial charge in [-0.05, 0) is 49.1 Å². The molecule has 0 fully saturated rings. The Morgan fingerprint density at radius 1 is 0.850 bits per heavy atom. The molecule has 0 amide bonds. The summed E-state index contributed by atoms with van der Waals surface area (Å²) in [5.41, 5.74) is 3.88. The fourth-order valence-electron chi connectivity index (χ4n) is 2.24. The van der Waals surface area contributed by atoms with Crippen molar-refractivity contribution in [1.82, 2.24) is 5.32 Å². The van der Waals surface area contributed by atoms with E-state index >= 15 is 0 Å². The minimum atomic E-state index is 1.00. The zero-order chi connectivity index (χ0) is 14.0. The van der Waals surface area contributed by atoms with Gasteiger partial charge >= 0.3 is 0 Å². The summed E-state index contributed by atoms with van der Waals surface area (Å²) < 4.78 is 0. The van der Waals surface area contributed by atoms with Crippen LogP contribution in [0, 0.1) is 0 Å². The Labute approximate surface area is 122 Å². The summed E-state index contributed by atoms with van der Waals surface area (Å²) in [7, 11) is 0. The lowest BCUT2D eigenvalue weighted by atomic mass is 10.0. The van der Waals surface area contributed by atoms with Crippen LogP contribution in [0.2, 0.25) is 0 Å². The topological polar surface area (TPSA) is 12.0 Å². The van der Waals surface area contributed by atoms with Gasteiger partial charge in [0, 0.05) is 0 Å². The Kier molecular flexibility index (Phi) is 6.07. The van der Waals surface area contributed by atoms with Gasteiger partial charge in [-0.2, -0.15) is 0 Å². The highest BCUT2D eigenvalue weighted by atomic mass is 14.8. The first-order valence-corrected chi connectivity index (χ1v) is 7.34. The van der Waals surface area contributed by atoms with Gasteiger partial charge in [0.05, 0.1) is 0 Å². The summed E-state index contributed by atoms with van der Waals surface area (Å²) in [6, 6.07) is 21.1. The van der Waals surface area contributed by atoms with Crippen LogP contribution < -0.4 is 5.32 Å². The Morgan fingerprint density at radius 3 is 2.20 bits per heavy atom. The molecule has 104 valence electrons. The van der Waals surface area contributed by atoms with Crippen molar-refractivity contribution >= 4 is 5.57 Å². The van der Waals surface area contributed by atoms with Gasteiger partial charge in [0.25, 0.3) is 0 Å². The molecule has 0 saturated carbocycles. The monoisotopic (exact) mass is 265 g/mol. The summed E-state index contributed by atoms with van der Waals surface area (Å²) in [4.78, 5) is 0. The van der Waals surface area contributed by atoms with Crippen molar-refractivity contribution in [3.05, 3.63) is 78.4 Å². The minimum absolute atomic E-state index is 1.00. The molecule has 0 spiro atoms. The van der Waals surface area contributed by atoms with Crippen LogP contribution in [-0.4, -0.2) is 13.1 Å². The lowest BCUT2D eigenvalue weighted by Gasteiger charge is -2.07. The number of hydrogen-bond acceptors (Lipinski definition) is 1. The maximum atomic E-state index is 4.15. The van der Waals surface area contributed by atoms with Crippen LogP contribution in [0.1, 0.15) is 24.0 Å². The molecule has 0 radical (unpaired) electrons. The van der Waals surface area contributed by atoms with Gasteiger partial charge in [-0.25, -0.2) is 0 Å². The SMILES string of the molecule is C=C(CCNCCCc1ccccc1)c1ccccc1. The van der Waals surface area contributed by atoms with Crippen molar-refractivity contribution < 1.29 is 0 Å². The van der Waals surface area contributed by atoms with Crippen LogP contribution in [0.25, 0.3) is 5.57 Å². The third kappa shape index (κ3) is 5.02. The number of nitrogens with one attached hydrogen (secondary N) is 1. The molecule has 2 aromatic rings. The fraction of sp³-hybridized carbons (Fsp3) is 0.263. The van der Waals surface area contributed by atoms with Gasteiger partial charge in [0.15, 0.2) is 0 Å². The second-order valence-electron chi connectivity index (χ2n) is 5.06. The average Bonchev–Trinajstić information content (AvgIpc) is 2.52. The molecule has 0 unspecified atom stereocenters. The average molecular weight is 265 g/mol. The second kappa shape index (κ2) is 8.34. The molecule has 0 aliphatic carbocycles. The van der Waals surface area contributed by atoms with Gasteiger partial charge in [-0.15, -0.1) is 0 Å². The highest BCUT2D eigenvalue weighted by Gasteiger charge is 1.97. The van der Waals surface area contributed by atoms with E-state index in [1.54, 1.807) is 0 Å². The van der Waals surface area contributed by atoms with E-state index in [0.29, 0.717) is 0 Å². The van der Waals surface area contributed by atoms with Gasteiger partial charge in [-0.3, -0.25) is 0 Å².